The maximum absolute atomic E-state index is 7.02. The van der Waals surface area contributed by atoms with Crippen LogP contribution < -0.4 is 0 Å². The molecule has 6 heteroatoms. The van der Waals surface area contributed by atoms with Gasteiger partial charge in [-0.15, -0.1) is 22.7 Å². The Labute approximate surface area is 398 Å². The zero-order chi connectivity index (χ0) is 44.5. The van der Waals surface area contributed by atoms with Gasteiger partial charge in [0.25, 0.3) is 0 Å². The Bertz CT molecular complexity index is 4290. The molecule has 15 rings (SSSR count). The van der Waals surface area contributed by atoms with Crippen LogP contribution in [-0.4, -0.2) is 15.0 Å². The molecule has 4 nitrogen and oxygen atoms in total. The van der Waals surface area contributed by atoms with Gasteiger partial charge in [-0.3, -0.25) is 0 Å². The monoisotopic (exact) mass is 903 g/mol. The minimum Gasteiger partial charge on any atom is -0.455 e. The summed E-state index contributed by atoms with van der Waals surface area (Å²) in [5, 5.41) is 11.6. The largest absolute Gasteiger partial charge is 0.455 e. The summed E-state index contributed by atoms with van der Waals surface area (Å²) < 4.78 is 11.9. The number of benzene rings is 10. The van der Waals surface area contributed by atoms with Crippen LogP contribution in [0, 0.1) is 0 Å². The molecule has 0 bridgehead atoms. The predicted molar refractivity (Wildman–Crippen MR) is 286 cm³/mol. The molecule has 0 N–H and O–H groups in total. The number of hydrogen-bond donors (Lipinski definition) is 0. The Morgan fingerprint density at radius 3 is 1.65 bits per heavy atom. The fourth-order valence-electron chi connectivity index (χ4n) is 11.5. The van der Waals surface area contributed by atoms with Crippen LogP contribution in [-0.2, 0) is 6.42 Å². The van der Waals surface area contributed by atoms with Crippen molar-refractivity contribution >= 4 is 107 Å². The molecule has 4 aromatic heterocycles. The molecule has 0 fully saturated rings. The summed E-state index contributed by atoms with van der Waals surface area (Å²) in [5.41, 5.74) is 11.2. The van der Waals surface area contributed by atoms with Gasteiger partial charge in [-0.2, -0.15) is 0 Å². The molecule has 1 atom stereocenters. The number of aromatic nitrogens is 3. The molecular formula is C62H37N3OS2. The van der Waals surface area contributed by atoms with Crippen molar-refractivity contribution in [3.05, 3.63) is 211 Å². The quantitative estimate of drug-likeness (QED) is 0.177. The SMILES string of the molecule is c1ccc2c(c1)-c1cc3ccccc3cc1CCC2c1c(-c2nc(-c3cccc4sc5ccccc5c34)nc(-c3cccc4sc5ccccc5c34)n2)c2ccccc2c2oc3ccccc3c12. The third-order valence-electron chi connectivity index (χ3n) is 14.4. The Kier molecular flexibility index (Phi) is 8.26. The highest BCUT2D eigenvalue weighted by Crippen LogP contribution is 2.52. The highest BCUT2D eigenvalue weighted by molar-refractivity contribution is 7.26. The molecule has 1 unspecified atom stereocenters. The molecular weight excluding hydrogens is 867 g/mol. The number of aryl methyl sites for hydroxylation is 1. The summed E-state index contributed by atoms with van der Waals surface area (Å²) >= 11 is 3.63. The lowest BCUT2D eigenvalue weighted by molar-refractivity contribution is 0.671. The van der Waals surface area contributed by atoms with Gasteiger partial charge in [0.1, 0.15) is 11.2 Å². The van der Waals surface area contributed by atoms with Gasteiger partial charge in [-0.1, -0.05) is 158 Å². The molecule has 318 valence electrons. The summed E-state index contributed by atoms with van der Waals surface area (Å²) in [6.07, 6.45) is 1.78. The van der Waals surface area contributed by atoms with E-state index in [9.17, 15) is 0 Å². The van der Waals surface area contributed by atoms with Gasteiger partial charge in [0, 0.05) is 79.1 Å². The van der Waals surface area contributed by atoms with E-state index in [-0.39, 0.29) is 5.92 Å². The topological polar surface area (TPSA) is 51.8 Å². The number of nitrogens with zero attached hydrogens (tertiary/aromatic N) is 3. The molecule has 0 aliphatic heterocycles. The molecule has 4 heterocycles. The summed E-state index contributed by atoms with van der Waals surface area (Å²) in [5.74, 6) is 1.93. The first-order valence-corrected chi connectivity index (χ1v) is 24.9. The Morgan fingerprint density at radius 1 is 0.412 bits per heavy atom. The van der Waals surface area contributed by atoms with Crippen molar-refractivity contribution in [1.29, 1.82) is 0 Å². The van der Waals surface area contributed by atoms with Crippen LogP contribution in [0.2, 0.25) is 0 Å². The molecule has 0 saturated heterocycles. The van der Waals surface area contributed by atoms with E-state index in [1.165, 1.54) is 78.9 Å². The van der Waals surface area contributed by atoms with Gasteiger partial charge in [0.05, 0.1) is 0 Å². The molecule has 1 aliphatic rings. The minimum absolute atomic E-state index is 0.0398. The Hall–Kier alpha value is -8.03. The lowest BCUT2D eigenvalue weighted by atomic mass is 9.79. The zero-order valence-electron chi connectivity index (χ0n) is 36.5. The van der Waals surface area contributed by atoms with E-state index in [1.54, 1.807) is 0 Å². The Balaban J connectivity index is 1.09. The standard InChI is InChI=1S/C62H37N3OS2/c1-2-16-36-34-48-37(33-35(36)15-1)31-32-41(38-17-3-4-18-39(38)48)56-57-43-21-7-10-26-49(43)66-59(57)42-20-6-5-19-40(42)58(56)62-64-60(46-24-13-29-52-54(46)44-22-8-11-27-50(44)67-52)63-61(65-62)47-25-14-30-53-55(47)45-23-9-12-28-51(45)68-53/h1-30,33-34,41H,31-32H2. The van der Waals surface area contributed by atoms with E-state index in [0.29, 0.717) is 17.5 Å². The summed E-state index contributed by atoms with van der Waals surface area (Å²) in [4.78, 5) is 17.1. The van der Waals surface area contributed by atoms with Gasteiger partial charge in [0.2, 0.25) is 0 Å². The first-order valence-electron chi connectivity index (χ1n) is 23.3. The van der Waals surface area contributed by atoms with Crippen LogP contribution >= 0.6 is 22.7 Å². The third kappa shape index (κ3) is 5.62. The van der Waals surface area contributed by atoms with Crippen LogP contribution in [0.1, 0.15) is 29.0 Å². The number of furan rings is 1. The first-order chi connectivity index (χ1) is 33.7. The maximum Gasteiger partial charge on any atom is 0.165 e. The molecule has 0 radical (unpaired) electrons. The van der Waals surface area contributed by atoms with Crippen molar-refractivity contribution < 1.29 is 4.42 Å². The van der Waals surface area contributed by atoms with Crippen molar-refractivity contribution in [2.45, 2.75) is 18.8 Å². The molecule has 0 amide bonds. The predicted octanol–water partition coefficient (Wildman–Crippen LogP) is 17.6. The lowest BCUT2D eigenvalue weighted by Gasteiger charge is -2.24. The smallest absolute Gasteiger partial charge is 0.165 e. The van der Waals surface area contributed by atoms with E-state index in [2.05, 4.69) is 194 Å². The van der Waals surface area contributed by atoms with Crippen molar-refractivity contribution in [3.63, 3.8) is 0 Å². The normalized spacial score (nSPS) is 13.9. The van der Waals surface area contributed by atoms with Crippen LogP contribution in [0.3, 0.4) is 0 Å². The lowest BCUT2D eigenvalue weighted by Crippen LogP contribution is -2.08. The van der Waals surface area contributed by atoms with Crippen molar-refractivity contribution in [1.82, 2.24) is 15.0 Å². The minimum atomic E-state index is -0.0398. The van der Waals surface area contributed by atoms with E-state index >= 15 is 0 Å². The zero-order valence-corrected chi connectivity index (χ0v) is 38.2. The molecule has 1 aliphatic carbocycles. The van der Waals surface area contributed by atoms with Crippen molar-refractivity contribution in [2.75, 3.05) is 0 Å². The summed E-state index contributed by atoms with van der Waals surface area (Å²) in [6, 6.07) is 70.4. The molecule has 10 aromatic carbocycles. The van der Waals surface area contributed by atoms with Gasteiger partial charge in [-0.05, 0) is 93.2 Å². The molecule has 14 aromatic rings. The number of para-hydroxylation sites is 1. The van der Waals surface area contributed by atoms with Gasteiger partial charge >= 0.3 is 0 Å². The highest BCUT2D eigenvalue weighted by Gasteiger charge is 2.33. The number of rotatable bonds is 4. The molecule has 0 spiro atoms. The average Bonchev–Trinajstić information content (AvgIpc) is 4.07. The highest BCUT2D eigenvalue weighted by atomic mass is 32.1. The number of thiophene rings is 2. The second kappa shape index (κ2) is 14.7. The van der Waals surface area contributed by atoms with Gasteiger partial charge < -0.3 is 4.42 Å². The number of hydrogen-bond acceptors (Lipinski definition) is 6. The fraction of sp³-hybridized carbons (Fsp3) is 0.0484. The van der Waals surface area contributed by atoms with Crippen LogP contribution in [0.5, 0.6) is 0 Å². The molecule has 68 heavy (non-hydrogen) atoms. The summed E-state index contributed by atoms with van der Waals surface area (Å²) in [6.45, 7) is 0. The van der Waals surface area contributed by atoms with Gasteiger partial charge in [0.15, 0.2) is 17.5 Å². The van der Waals surface area contributed by atoms with Crippen LogP contribution in [0.15, 0.2) is 199 Å². The van der Waals surface area contributed by atoms with Crippen LogP contribution in [0.25, 0.3) is 129 Å². The van der Waals surface area contributed by atoms with E-state index < -0.39 is 0 Å². The maximum atomic E-state index is 7.02. The average molecular weight is 904 g/mol. The molecule has 0 saturated carbocycles. The fourth-order valence-corrected chi connectivity index (χ4v) is 13.7. The van der Waals surface area contributed by atoms with E-state index in [1.807, 2.05) is 22.7 Å². The third-order valence-corrected chi connectivity index (χ3v) is 16.6. The van der Waals surface area contributed by atoms with Crippen molar-refractivity contribution in [2.24, 2.45) is 0 Å². The summed E-state index contributed by atoms with van der Waals surface area (Å²) in [7, 11) is 0. The second-order valence-electron chi connectivity index (χ2n) is 18.0. The van der Waals surface area contributed by atoms with Gasteiger partial charge in [-0.25, -0.2) is 15.0 Å². The Morgan fingerprint density at radius 2 is 0.941 bits per heavy atom. The first kappa shape index (κ1) is 38.1. The van der Waals surface area contributed by atoms with E-state index in [0.717, 1.165) is 62.2 Å². The second-order valence-corrected chi connectivity index (χ2v) is 20.2. The number of fused-ring (bicyclic) bond motifs is 15. The van der Waals surface area contributed by atoms with Crippen molar-refractivity contribution in [3.8, 4) is 45.3 Å². The van der Waals surface area contributed by atoms with E-state index in [4.69, 9.17) is 19.4 Å². The van der Waals surface area contributed by atoms with Crippen LogP contribution in [0.4, 0.5) is 0 Å².